The summed E-state index contributed by atoms with van der Waals surface area (Å²) < 4.78 is 26.3. The Hall–Kier alpha value is -0.400. The number of thiophene rings is 1. The van der Waals surface area contributed by atoms with Crippen molar-refractivity contribution in [2.45, 2.75) is 24.0 Å². The van der Waals surface area contributed by atoms with Crippen molar-refractivity contribution in [2.75, 3.05) is 6.54 Å². The summed E-state index contributed by atoms with van der Waals surface area (Å²) in [5.41, 5.74) is 0. The average Bonchev–Trinajstić information content (AvgIpc) is 2.84. The third-order valence-corrected chi connectivity index (χ3v) is 7.29. The molecule has 1 aromatic rings. The number of nitrogens with zero attached hydrogens (tertiary/aromatic N) is 1. The van der Waals surface area contributed by atoms with E-state index < -0.39 is 10.0 Å². The molecule has 0 aromatic carbocycles. The Morgan fingerprint density at radius 3 is 2.76 bits per heavy atom. The zero-order valence-corrected chi connectivity index (χ0v) is 12.4. The van der Waals surface area contributed by atoms with E-state index in [1.165, 1.54) is 0 Å². The lowest BCUT2D eigenvalue weighted by Crippen LogP contribution is -2.32. The van der Waals surface area contributed by atoms with E-state index >= 15 is 0 Å². The van der Waals surface area contributed by atoms with Gasteiger partial charge in [-0.05, 0) is 33.3 Å². The molecule has 1 saturated heterocycles. The highest BCUT2D eigenvalue weighted by Crippen LogP contribution is 2.33. The Kier molecular flexibility index (Phi) is 3.61. The van der Waals surface area contributed by atoms with E-state index in [9.17, 15) is 13.2 Å². The van der Waals surface area contributed by atoms with Crippen molar-refractivity contribution in [2.24, 2.45) is 5.92 Å². The van der Waals surface area contributed by atoms with Crippen LogP contribution in [-0.2, 0) is 14.8 Å². The molecule has 1 unspecified atom stereocenters. The minimum Gasteiger partial charge on any atom is -0.274 e. The largest absolute Gasteiger partial charge is 0.277 e. The fourth-order valence-electron chi connectivity index (χ4n) is 1.82. The first-order valence-corrected chi connectivity index (χ1v) is 8.36. The van der Waals surface area contributed by atoms with Crippen molar-refractivity contribution >= 4 is 43.2 Å². The third kappa shape index (κ3) is 2.28. The van der Waals surface area contributed by atoms with Crippen molar-refractivity contribution < 1.29 is 13.2 Å². The summed E-state index contributed by atoms with van der Waals surface area (Å²) in [6.45, 7) is 2.27. The monoisotopic (exact) mass is 337 g/mol. The highest BCUT2D eigenvalue weighted by Gasteiger charge is 2.38. The molecule has 94 valence electrons. The molecule has 1 fully saturated rings. The maximum atomic E-state index is 12.3. The molecule has 0 bridgehead atoms. The van der Waals surface area contributed by atoms with Crippen LogP contribution in [0.3, 0.4) is 0 Å². The molecule has 0 spiro atoms. The lowest BCUT2D eigenvalue weighted by atomic mass is 10.1. The van der Waals surface area contributed by atoms with E-state index in [2.05, 4.69) is 15.9 Å². The molecule has 7 heteroatoms. The molecule has 2 heterocycles. The van der Waals surface area contributed by atoms with Gasteiger partial charge in [0.15, 0.2) is 4.21 Å². The molecule has 1 atom stereocenters. The molecule has 0 N–H and O–H groups in total. The van der Waals surface area contributed by atoms with Crippen molar-refractivity contribution in [3.63, 3.8) is 0 Å². The van der Waals surface area contributed by atoms with E-state index in [-0.39, 0.29) is 16.0 Å². The summed E-state index contributed by atoms with van der Waals surface area (Å²) in [6, 6.07) is 1.68. The second-order valence-corrected chi connectivity index (χ2v) is 7.79. The van der Waals surface area contributed by atoms with Gasteiger partial charge in [0.05, 0.1) is 0 Å². The first-order chi connectivity index (χ1) is 7.96. The molecular formula is C10H12BrNO3S2. The van der Waals surface area contributed by atoms with Crippen molar-refractivity contribution in [3.05, 3.63) is 15.9 Å². The molecule has 0 radical (unpaired) electrons. The zero-order valence-electron chi connectivity index (χ0n) is 9.22. The smallest absolute Gasteiger partial charge is 0.274 e. The molecule has 1 aliphatic rings. The van der Waals surface area contributed by atoms with E-state index in [4.69, 9.17) is 0 Å². The number of hydrogen-bond donors (Lipinski definition) is 0. The topological polar surface area (TPSA) is 54.5 Å². The Morgan fingerprint density at radius 2 is 2.29 bits per heavy atom. The molecular weight excluding hydrogens is 326 g/mol. The Bertz CT molecular complexity index is 538. The van der Waals surface area contributed by atoms with Crippen LogP contribution in [0.4, 0.5) is 0 Å². The van der Waals surface area contributed by atoms with Gasteiger partial charge < -0.3 is 0 Å². The molecule has 1 aromatic heterocycles. The second-order valence-electron chi connectivity index (χ2n) is 3.96. The van der Waals surface area contributed by atoms with Crippen LogP contribution in [0.2, 0.25) is 0 Å². The van der Waals surface area contributed by atoms with Crippen LogP contribution < -0.4 is 0 Å². The maximum Gasteiger partial charge on any atom is 0.277 e. The van der Waals surface area contributed by atoms with Gasteiger partial charge >= 0.3 is 0 Å². The summed E-state index contributed by atoms with van der Waals surface area (Å²) in [6.07, 6.45) is 1.15. The highest BCUT2D eigenvalue weighted by molar-refractivity contribution is 9.10. The summed E-state index contributed by atoms with van der Waals surface area (Å²) in [7, 11) is -3.66. The number of amides is 1. The van der Waals surface area contributed by atoms with Gasteiger partial charge in [0.1, 0.15) is 0 Å². The maximum absolute atomic E-state index is 12.3. The molecule has 1 aliphatic heterocycles. The van der Waals surface area contributed by atoms with Crippen LogP contribution in [0.5, 0.6) is 0 Å². The van der Waals surface area contributed by atoms with Crippen molar-refractivity contribution in [1.82, 2.24) is 4.31 Å². The standard InChI is InChI=1S/C10H12BrNO3S2/c1-2-7-5-9(13)12(6-7)17(14,15)10-8(11)3-4-16-10/h3-4,7H,2,5-6H2,1H3. The number of halogens is 1. The number of sulfonamides is 1. The van der Waals surface area contributed by atoms with Gasteiger partial charge in [-0.25, -0.2) is 12.7 Å². The van der Waals surface area contributed by atoms with Gasteiger partial charge in [0.25, 0.3) is 10.0 Å². The summed E-state index contributed by atoms with van der Waals surface area (Å²) in [5.74, 6) is -0.145. The second kappa shape index (κ2) is 4.70. The molecule has 4 nitrogen and oxygen atoms in total. The highest BCUT2D eigenvalue weighted by atomic mass is 79.9. The number of carbonyl (C=O) groups is 1. The van der Waals surface area contributed by atoms with Crippen LogP contribution in [0, 0.1) is 5.92 Å². The number of rotatable bonds is 3. The minimum atomic E-state index is -3.66. The Morgan fingerprint density at radius 1 is 1.59 bits per heavy atom. The lowest BCUT2D eigenvalue weighted by Gasteiger charge is -2.15. The molecule has 0 saturated carbocycles. The summed E-state index contributed by atoms with van der Waals surface area (Å²) in [4.78, 5) is 11.7. The van der Waals surface area contributed by atoms with Gasteiger partial charge in [0, 0.05) is 17.4 Å². The predicted octanol–water partition coefficient (Wildman–Crippen LogP) is 2.46. The van der Waals surface area contributed by atoms with Crippen LogP contribution in [0.15, 0.2) is 20.1 Å². The van der Waals surface area contributed by atoms with Gasteiger partial charge in [0.2, 0.25) is 5.91 Å². The Labute approximate surface area is 113 Å². The van der Waals surface area contributed by atoms with Crippen LogP contribution >= 0.6 is 27.3 Å². The van der Waals surface area contributed by atoms with Gasteiger partial charge in [-0.15, -0.1) is 11.3 Å². The van der Waals surface area contributed by atoms with E-state index in [0.717, 1.165) is 22.1 Å². The predicted molar refractivity (Wildman–Crippen MR) is 69.3 cm³/mol. The quantitative estimate of drug-likeness (QED) is 0.851. The normalized spacial score (nSPS) is 21.2. The molecule has 2 rings (SSSR count). The van der Waals surface area contributed by atoms with Crippen molar-refractivity contribution in [3.8, 4) is 0 Å². The third-order valence-electron chi connectivity index (χ3n) is 2.85. The fourth-order valence-corrected chi connectivity index (χ4v) is 5.72. The summed E-state index contributed by atoms with van der Waals surface area (Å²) >= 11 is 4.32. The fraction of sp³-hybridized carbons (Fsp3) is 0.500. The van der Waals surface area contributed by atoms with Crippen LogP contribution in [0.1, 0.15) is 19.8 Å². The number of carbonyl (C=O) groups excluding carboxylic acids is 1. The molecule has 1 amide bonds. The van der Waals surface area contributed by atoms with E-state index in [0.29, 0.717) is 17.4 Å². The van der Waals surface area contributed by atoms with Crippen LogP contribution in [-0.4, -0.2) is 25.2 Å². The van der Waals surface area contributed by atoms with Crippen LogP contribution in [0.25, 0.3) is 0 Å². The first-order valence-electron chi connectivity index (χ1n) is 5.25. The van der Waals surface area contributed by atoms with E-state index in [1.807, 2.05) is 6.92 Å². The minimum absolute atomic E-state index is 0.149. The summed E-state index contributed by atoms with van der Waals surface area (Å²) in [5, 5.41) is 1.69. The van der Waals surface area contributed by atoms with Gasteiger partial charge in [-0.2, -0.15) is 0 Å². The van der Waals surface area contributed by atoms with Crippen molar-refractivity contribution in [1.29, 1.82) is 0 Å². The van der Waals surface area contributed by atoms with Gasteiger partial charge in [-0.3, -0.25) is 4.79 Å². The van der Waals surface area contributed by atoms with E-state index in [1.54, 1.807) is 11.4 Å². The average molecular weight is 338 g/mol. The van der Waals surface area contributed by atoms with Gasteiger partial charge in [-0.1, -0.05) is 13.3 Å². The molecule has 0 aliphatic carbocycles. The number of hydrogen-bond acceptors (Lipinski definition) is 4. The molecule has 17 heavy (non-hydrogen) atoms. The SMILES string of the molecule is CCC1CC(=O)N(S(=O)(=O)c2sccc2Br)C1. The zero-order chi connectivity index (χ0) is 12.6. The Balaban J connectivity index is 2.35. The first kappa shape index (κ1) is 13.0. The lowest BCUT2D eigenvalue weighted by molar-refractivity contribution is -0.123.